The maximum atomic E-state index is 5.70. The minimum absolute atomic E-state index is 0.282. The van der Waals surface area contributed by atoms with Crippen molar-refractivity contribution < 1.29 is 9.47 Å². The van der Waals surface area contributed by atoms with E-state index in [2.05, 4.69) is 18.9 Å². The van der Waals surface area contributed by atoms with Gasteiger partial charge in [0, 0.05) is 0 Å². The summed E-state index contributed by atoms with van der Waals surface area (Å²) >= 11 is 0.751. The predicted octanol–water partition coefficient (Wildman–Crippen LogP) is 2.36. The van der Waals surface area contributed by atoms with Gasteiger partial charge in [-0.1, -0.05) is 0 Å². The molecule has 3 nitrogen and oxygen atoms in total. The van der Waals surface area contributed by atoms with Gasteiger partial charge in [0.15, 0.2) is 0 Å². The molecule has 0 aromatic carbocycles. The summed E-state index contributed by atoms with van der Waals surface area (Å²) in [6.45, 7) is 4.81. The molecule has 20 heavy (non-hydrogen) atoms. The zero-order chi connectivity index (χ0) is 15.0. The van der Waals surface area contributed by atoms with Crippen molar-refractivity contribution in [3.63, 3.8) is 0 Å². The third-order valence-electron chi connectivity index (χ3n) is 5.07. The van der Waals surface area contributed by atoms with E-state index in [-0.39, 0.29) is 6.10 Å². The van der Waals surface area contributed by atoms with Crippen LogP contribution < -0.4 is 0 Å². The number of piperidine rings is 1. The molecule has 0 N–H and O–H groups in total. The average Bonchev–Trinajstić information content (AvgIpc) is 2.47. The Morgan fingerprint density at radius 3 is 2.10 bits per heavy atom. The van der Waals surface area contributed by atoms with E-state index in [1.165, 1.54) is 45.2 Å². The van der Waals surface area contributed by atoms with Crippen molar-refractivity contribution in [1.82, 2.24) is 4.90 Å². The van der Waals surface area contributed by atoms with Gasteiger partial charge in [0.1, 0.15) is 0 Å². The Bertz CT molecular complexity index is 245. The van der Waals surface area contributed by atoms with Crippen molar-refractivity contribution in [2.45, 2.75) is 61.3 Å². The second kappa shape index (κ2) is 10.5. The molecule has 0 saturated carbocycles. The molecule has 1 fully saturated rings. The van der Waals surface area contributed by atoms with Crippen molar-refractivity contribution in [3.8, 4) is 0 Å². The summed E-state index contributed by atoms with van der Waals surface area (Å²) in [4.78, 5) is 2.47. The van der Waals surface area contributed by atoms with Gasteiger partial charge in [-0.15, -0.1) is 0 Å². The number of ether oxygens (including phenoxy) is 2. The maximum absolute atomic E-state index is 5.70. The fourth-order valence-electron chi connectivity index (χ4n) is 3.46. The zero-order valence-corrected chi connectivity index (χ0v) is 19.9. The zero-order valence-electron chi connectivity index (χ0n) is 14.2. The quantitative estimate of drug-likeness (QED) is 0.607. The first-order valence-electron chi connectivity index (χ1n) is 8.36. The van der Waals surface area contributed by atoms with Gasteiger partial charge in [-0.3, -0.25) is 0 Å². The van der Waals surface area contributed by atoms with E-state index in [1.54, 1.807) is 0 Å². The molecule has 0 bridgehead atoms. The average molecular weight is 387 g/mol. The molecule has 0 spiro atoms. The molecular formula is C16H34InNO2. The summed E-state index contributed by atoms with van der Waals surface area (Å²) in [5, 5.41) is 0. The Labute approximate surface area is 140 Å². The molecule has 0 aliphatic carbocycles. The van der Waals surface area contributed by atoms with Crippen LogP contribution in [0.25, 0.3) is 0 Å². The third kappa shape index (κ3) is 6.25. The van der Waals surface area contributed by atoms with Gasteiger partial charge < -0.3 is 0 Å². The number of hydrogen-bond donors (Lipinski definition) is 0. The van der Waals surface area contributed by atoms with E-state index in [0.29, 0.717) is 6.10 Å². The molecule has 1 rings (SSSR count). The van der Waals surface area contributed by atoms with E-state index >= 15 is 0 Å². The number of hydrogen-bond acceptors (Lipinski definition) is 3. The molecule has 1 heterocycles. The Morgan fingerprint density at radius 1 is 1.05 bits per heavy atom. The fourth-order valence-corrected chi connectivity index (χ4v) is 6.31. The summed E-state index contributed by atoms with van der Waals surface area (Å²) < 4.78 is 12.3. The first-order valence-corrected chi connectivity index (χ1v) is 11.7. The van der Waals surface area contributed by atoms with Gasteiger partial charge in [0.25, 0.3) is 0 Å². The van der Waals surface area contributed by atoms with Crippen molar-refractivity contribution >= 4 is 24.4 Å². The van der Waals surface area contributed by atoms with Gasteiger partial charge in [0.2, 0.25) is 0 Å². The summed E-state index contributed by atoms with van der Waals surface area (Å²) in [6, 6.07) is 0. The number of likely N-dealkylation sites (tertiary alicyclic amines) is 1. The molecule has 3 unspecified atom stereocenters. The Morgan fingerprint density at radius 2 is 1.60 bits per heavy atom. The minimum atomic E-state index is 0.282. The van der Waals surface area contributed by atoms with E-state index in [9.17, 15) is 0 Å². The van der Waals surface area contributed by atoms with Crippen LogP contribution in [0.4, 0.5) is 0 Å². The van der Waals surface area contributed by atoms with Gasteiger partial charge >= 0.3 is 140 Å². The molecule has 0 aromatic rings. The van der Waals surface area contributed by atoms with Crippen molar-refractivity contribution in [2.75, 3.05) is 34.4 Å². The van der Waals surface area contributed by atoms with Crippen molar-refractivity contribution in [2.24, 2.45) is 5.92 Å². The van der Waals surface area contributed by atoms with Crippen LogP contribution in [0.1, 0.15) is 45.4 Å². The van der Waals surface area contributed by atoms with Crippen molar-refractivity contribution in [1.29, 1.82) is 0 Å². The van der Waals surface area contributed by atoms with Crippen LogP contribution in [0.2, 0.25) is 3.67 Å². The van der Waals surface area contributed by atoms with Crippen LogP contribution in [-0.4, -0.2) is 75.8 Å². The molecule has 1 aliphatic rings. The SMILES string of the molecule is CCCC(OC)C(CC[CH]([InH2])C1CCN(C)CC1)OC. The summed E-state index contributed by atoms with van der Waals surface area (Å²) in [5.74, 6) is 0.992. The topological polar surface area (TPSA) is 21.7 Å². The second-order valence-electron chi connectivity index (χ2n) is 6.53. The van der Waals surface area contributed by atoms with Crippen molar-refractivity contribution in [3.05, 3.63) is 0 Å². The molecule has 3 atom stereocenters. The van der Waals surface area contributed by atoms with Gasteiger partial charge in [0.05, 0.1) is 0 Å². The number of methoxy groups -OCH3 is 2. The first kappa shape index (κ1) is 18.8. The van der Waals surface area contributed by atoms with E-state index in [0.717, 1.165) is 40.4 Å². The molecular weight excluding hydrogens is 353 g/mol. The summed E-state index contributed by atoms with van der Waals surface area (Å²) in [5.41, 5.74) is 0. The van der Waals surface area contributed by atoms with E-state index < -0.39 is 0 Å². The Hall–Kier alpha value is 0.750. The molecule has 0 radical (unpaired) electrons. The molecule has 0 amide bonds. The van der Waals surface area contributed by atoms with Crippen LogP contribution in [0.5, 0.6) is 0 Å². The number of rotatable bonds is 9. The van der Waals surface area contributed by atoms with Gasteiger partial charge in [-0.05, 0) is 0 Å². The number of nitrogens with zero attached hydrogens (tertiary/aromatic N) is 1. The molecule has 1 saturated heterocycles. The molecule has 4 heteroatoms. The monoisotopic (exact) mass is 387 g/mol. The van der Waals surface area contributed by atoms with E-state index in [1.807, 2.05) is 14.2 Å². The fraction of sp³-hybridized carbons (Fsp3) is 1.00. The predicted molar refractivity (Wildman–Crippen MR) is 88.3 cm³/mol. The second-order valence-corrected chi connectivity index (χ2v) is 10.8. The van der Waals surface area contributed by atoms with E-state index in [4.69, 9.17) is 9.47 Å². The molecule has 1 aliphatic heterocycles. The van der Waals surface area contributed by atoms with Crippen LogP contribution in [0.3, 0.4) is 0 Å². The third-order valence-corrected chi connectivity index (χ3v) is 9.41. The Balaban J connectivity index is 2.35. The Kier molecular flexibility index (Phi) is 9.84. The van der Waals surface area contributed by atoms with Gasteiger partial charge in [-0.2, -0.15) is 0 Å². The van der Waals surface area contributed by atoms with Crippen LogP contribution >= 0.6 is 0 Å². The molecule has 0 aromatic heterocycles. The van der Waals surface area contributed by atoms with Gasteiger partial charge in [-0.25, -0.2) is 0 Å². The summed E-state index contributed by atoms with van der Waals surface area (Å²) in [7, 11) is 5.92. The first-order chi connectivity index (χ1) is 9.62. The standard InChI is InChI=1S/C16H32NO2.In.2H/c1-5-7-15(18-3)16(19-4)9-6-8-14-10-12-17(2)13-11-14;;;/h8,14-16H,5-7,9-13H2,1-4H3;;;. The van der Waals surface area contributed by atoms with Crippen LogP contribution in [0.15, 0.2) is 0 Å². The van der Waals surface area contributed by atoms with Crippen LogP contribution in [0, 0.1) is 5.92 Å². The van der Waals surface area contributed by atoms with Crippen LogP contribution in [-0.2, 0) is 9.47 Å². The normalized spacial score (nSPS) is 22.6. The summed E-state index contributed by atoms with van der Waals surface area (Å²) in [6.07, 6.45) is 8.21. The molecule has 118 valence electrons.